The maximum atomic E-state index is 13.5. The minimum absolute atomic E-state index is 0.188. The second-order valence-corrected chi connectivity index (χ2v) is 4.19. The zero-order valence-corrected chi connectivity index (χ0v) is 8.94. The molecule has 0 saturated carbocycles. The van der Waals surface area contributed by atoms with Crippen molar-refractivity contribution in [1.82, 2.24) is 9.97 Å². The number of halogens is 2. The van der Waals surface area contributed by atoms with E-state index >= 15 is 0 Å². The Morgan fingerprint density at radius 1 is 1.40 bits per heavy atom. The lowest BCUT2D eigenvalue weighted by molar-refractivity contribution is -0.0276. The van der Waals surface area contributed by atoms with Crippen LogP contribution in [0.4, 0.5) is 8.78 Å². The minimum Gasteiger partial charge on any atom is -0.493 e. The first-order valence-corrected chi connectivity index (χ1v) is 5.79. The van der Waals surface area contributed by atoms with Gasteiger partial charge in [-0.3, -0.25) is 0 Å². The number of thioether (sulfide) groups is 1. The van der Waals surface area contributed by atoms with Crippen molar-refractivity contribution in [3.63, 3.8) is 0 Å². The molecule has 0 bridgehead atoms. The summed E-state index contributed by atoms with van der Waals surface area (Å²) < 4.78 is 27.0. The Morgan fingerprint density at radius 3 is 2.80 bits per heavy atom. The van der Waals surface area contributed by atoms with Crippen molar-refractivity contribution in [2.75, 3.05) is 6.26 Å². The molecule has 1 aromatic rings. The largest absolute Gasteiger partial charge is 0.493 e. The summed E-state index contributed by atoms with van der Waals surface area (Å²) in [6.45, 7) is 0. The van der Waals surface area contributed by atoms with Crippen LogP contribution in [0.2, 0.25) is 0 Å². The molecule has 0 atom stereocenters. The molecule has 1 heterocycles. The number of rotatable bonds is 1. The van der Waals surface area contributed by atoms with Crippen molar-refractivity contribution >= 4 is 11.8 Å². The molecule has 15 heavy (non-hydrogen) atoms. The number of hydrogen-bond acceptors (Lipinski definition) is 4. The van der Waals surface area contributed by atoms with E-state index in [1.54, 1.807) is 6.26 Å². The minimum atomic E-state index is -2.93. The normalized spacial score (nSPS) is 18.6. The Kier molecular flexibility index (Phi) is 2.54. The molecule has 1 aliphatic carbocycles. The Morgan fingerprint density at radius 2 is 2.13 bits per heavy atom. The molecule has 0 aromatic carbocycles. The van der Waals surface area contributed by atoms with Crippen molar-refractivity contribution in [1.29, 1.82) is 0 Å². The maximum Gasteiger partial charge on any atom is 0.290 e. The van der Waals surface area contributed by atoms with E-state index in [9.17, 15) is 13.9 Å². The lowest BCUT2D eigenvalue weighted by Crippen LogP contribution is -2.23. The number of nitrogens with zero attached hydrogens (tertiary/aromatic N) is 2. The smallest absolute Gasteiger partial charge is 0.290 e. The predicted octanol–water partition coefficient (Wildman–Crippen LogP) is 2.33. The number of hydrogen-bond donors (Lipinski definition) is 1. The lowest BCUT2D eigenvalue weighted by Gasteiger charge is -2.24. The van der Waals surface area contributed by atoms with Crippen LogP contribution >= 0.6 is 11.8 Å². The van der Waals surface area contributed by atoms with Crippen LogP contribution in [-0.4, -0.2) is 21.3 Å². The summed E-state index contributed by atoms with van der Waals surface area (Å²) in [5.74, 6) is -3.23. The predicted molar refractivity (Wildman–Crippen MR) is 52.3 cm³/mol. The standard InChI is InChI=1S/C9H10F2N2OS/c1-15-8-12-6-5(7(14)13-8)3-2-4-9(6,10)11/h2-4H2,1H3,(H,12,13,14). The maximum absolute atomic E-state index is 13.5. The highest BCUT2D eigenvalue weighted by Gasteiger charge is 2.40. The summed E-state index contributed by atoms with van der Waals surface area (Å²) in [4.78, 5) is 7.53. The van der Waals surface area contributed by atoms with Crippen LogP contribution in [0.1, 0.15) is 24.1 Å². The van der Waals surface area contributed by atoms with Gasteiger partial charge in [-0.1, -0.05) is 11.8 Å². The number of fused-ring (bicyclic) bond motifs is 1. The van der Waals surface area contributed by atoms with Gasteiger partial charge in [0.25, 0.3) is 5.92 Å². The highest BCUT2D eigenvalue weighted by atomic mass is 32.2. The van der Waals surface area contributed by atoms with Gasteiger partial charge < -0.3 is 5.11 Å². The van der Waals surface area contributed by atoms with Crippen molar-refractivity contribution in [2.45, 2.75) is 30.3 Å². The van der Waals surface area contributed by atoms with Gasteiger partial charge in [-0.25, -0.2) is 4.98 Å². The van der Waals surface area contributed by atoms with Gasteiger partial charge in [0, 0.05) is 12.0 Å². The first-order valence-electron chi connectivity index (χ1n) is 4.57. The van der Waals surface area contributed by atoms with Crippen LogP contribution in [0.3, 0.4) is 0 Å². The van der Waals surface area contributed by atoms with Crippen molar-refractivity contribution < 1.29 is 13.9 Å². The van der Waals surface area contributed by atoms with E-state index in [1.165, 1.54) is 0 Å². The number of aromatic hydroxyl groups is 1. The molecule has 0 unspecified atom stereocenters. The molecule has 0 fully saturated rings. The van der Waals surface area contributed by atoms with E-state index < -0.39 is 5.92 Å². The summed E-state index contributed by atoms with van der Waals surface area (Å²) in [6.07, 6.45) is 2.26. The van der Waals surface area contributed by atoms with Gasteiger partial charge in [-0.05, 0) is 19.1 Å². The molecule has 0 saturated heterocycles. The van der Waals surface area contributed by atoms with Gasteiger partial charge in [0.15, 0.2) is 5.16 Å². The third-order valence-electron chi connectivity index (χ3n) is 2.41. The summed E-state index contributed by atoms with van der Waals surface area (Å²) in [6, 6.07) is 0. The number of aromatic nitrogens is 2. The van der Waals surface area contributed by atoms with E-state index in [-0.39, 0.29) is 28.7 Å². The molecule has 2 rings (SSSR count). The molecule has 6 heteroatoms. The Bertz CT molecular complexity index is 398. The van der Waals surface area contributed by atoms with Crippen LogP contribution in [0.15, 0.2) is 5.16 Å². The van der Waals surface area contributed by atoms with Crippen molar-refractivity contribution in [2.24, 2.45) is 0 Å². The third-order valence-corrected chi connectivity index (χ3v) is 2.96. The Labute approximate surface area is 89.9 Å². The molecule has 3 nitrogen and oxygen atoms in total. The Balaban J connectivity index is 2.59. The molecule has 1 aliphatic rings. The Hall–Kier alpha value is -0.910. The fourth-order valence-corrected chi connectivity index (χ4v) is 2.04. The van der Waals surface area contributed by atoms with Gasteiger partial charge in [0.05, 0.1) is 0 Å². The van der Waals surface area contributed by atoms with Gasteiger partial charge in [0.2, 0.25) is 5.88 Å². The van der Waals surface area contributed by atoms with E-state index in [0.29, 0.717) is 12.8 Å². The van der Waals surface area contributed by atoms with Crippen LogP contribution in [0, 0.1) is 0 Å². The summed E-state index contributed by atoms with van der Waals surface area (Å²) in [7, 11) is 0. The average molecular weight is 232 g/mol. The second kappa shape index (κ2) is 3.59. The zero-order chi connectivity index (χ0) is 11.1. The fraction of sp³-hybridized carbons (Fsp3) is 0.556. The summed E-state index contributed by atoms with van der Waals surface area (Å²) in [5.41, 5.74) is -0.102. The van der Waals surface area contributed by atoms with E-state index in [2.05, 4.69) is 9.97 Å². The summed E-state index contributed by atoms with van der Waals surface area (Å²) in [5, 5.41) is 9.69. The highest BCUT2D eigenvalue weighted by molar-refractivity contribution is 7.98. The van der Waals surface area contributed by atoms with E-state index in [4.69, 9.17) is 0 Å². The summed E-state index contributed by atoms with van der Waals surface area (Å²) >= 11 is 1.14. The molecule has 0 spiro atoms. The first-order chi connectivity index (χ1) is 7.04. The molecule has 0 radical (unpaired) electrons. The van der Waals surface area contributed by atoms with Gasteiger partial charge >= 0.3 is 0 Å². The van der Waals surface area contributed by atoms with Crippen molar-refractivity contribution in [3.8, 4) is 5.88 Å². The van der Waals surface area contributed by atoms with Crippen LogP contribution in [-0.2, 0) is 12.3 Å². The van der Waals surface area contributed by atoms with Crippen LogP contribution in [0.25, 0.3) is 0 Å². The molecule has 1 N–H and O–H groups in total. The monoisotopic (exact) mass is 232 g/mol. The molecule has 82 valence electrons. The topological polar surface area (TPSA) is 46.0 Å². The van der Waals surface area contributed by atoms with Crippen LogP contribution < -0.4 is 0 Å². The van der Waals surface area contributed by atoms with E-state index in [0.717, 1.165) is 11.8 Å². The van der Waals surface area contributed by atoms with Crippen molar-refractivity contribution in [3.05, 3.63) is 11.3 Å². The SMILES string of the molecule is CSc1nc(O)c2c(n1)C(F)(F)CCC2. The molecule has 0 aliphatic heterocycles. The molecular formula is C9H10F2N2OS. The van der Waals surface area contributed by atoms with Gasteiger partial charge in [0.1, 0.15) is 5.69 Å². The lowest BCUT2D eigenvalue weighted by atomic mass is 9.94. The van der Waals surface area contributed by atoms with E-state index in [1.807, 2.05) is 0 Å². The van der Waals surface area contributed by atoms with Gasteiger partial charge in [-0.2, -0.15) is 13.8 Å². The third kappa shape index (κ3) is 1.78. The highest BCUT2D eigenvalue weighted by Crippen LogP contribution is 2.41. The molecule has 0 amide bonds. The average Bonchev–Trinajstić information content (AvgIpc) is 2.18. The van der Waals surface area contributed by atoms with Crippen LogP contribution in [0.5, 0.6) is 5.88 Å². The quantitative estimate of drug-likeness (QED) is 0.596. The number of alkyl halides is 2. The fourth-order valence-electron chi connectivity index (χ4n) is 1.68. The zero-order valence-electron chi connectivity index (χ0n) is 8.13. The first kappa shape index (κ1) is 10.6. The van der Waals surface area contributed by atoms with Gasteiger partial charge in [-0.15, -0.1) is 0 Å². The molecular weight excluding hydrogens is 222 g/mol. The second-order valence-electron chi connectivity index (χ2n) is 3.42. The molecule has 1 aromatic heterocycles.